The summed E-state index contributed by atoms with van der Waals surface area (Å²) in [5.74, 6) is 1.09. The molecular formula is C34H32BrClN2O6S. The highest BCUT2D eigenvalue weighted by atomic mass is 79.9. The Kier molecular flexibility index (Phi) is 10.2. The first-order chi connectivity index (χ1) is 21.6. The van der Waals surface area contributed by atoms with Crippen LogP contribution in [0.15, 0.2) is 86.2 Å². The molecule has 0 N–H and O–H groups in total. The fourth-order valence-corrected chi connectivity index (χ4v) is 6.57. The maximum Gasteiger partial charge on any atom is 0.338 e. The van der Waals surface area contributed by atoms with Crippen LogP contribution in [0.3, 0.4) is 0 Å². The van der Waals surface area contributed by atoms with Crippen molar-refractivity contribution in [2.24, 2.45) is 4.99 Å². The van der Waals surface area contributed by atoms with Crippen molar-refractivity contribution in [1.82, 2.24) is 4.57 Å². The molecule has 0 spiro atoms. The van der Waals surface area contributed by atoms with Crippen LogP contribution in [0.1, 0.15) is 50.4 Å². The van der Waals surface area contributed by atoms with Crippen LogP contribution in [0.25, 0.3) is 6.08 Å². The molecular weight excluding hydrogens is 680 g/mol. The number of para-hydroxylation sites is 1. The van der Waals surface area contributed by atoms with Crippen molar-refractivity contribution in [3.8, 4) is 17.2 Å². The van der Waals surface area contributed by atoms with Gasteiger partial charge in [-0.1, -0.05) is 69.2 Å². The minimum Gasteiger partial charge on any atom is -0.493 e. The number of aromatic nitrogens is 1. The summed E-state index contributed by atoms with van der Waals surface area (Å²) in [6.45, 7) is 7.86. The Morgan fingerprint density at radius 2 is 1.84 bits per heavy atom. The number of nitrogens with zero attached hydrogens (tertiary/aromatic N) is 2. The first-order valence-corrected chi connectivity index (χ1v) is 16.3. The van der Waals surface area contributed by atoms with E-state index >= 15 is 0 Å². The molecule has 1 aromatic heterocycles. The summed E-state index contributed by atoms with van der Waals surface area (Å²) in [6, 6.07) is 17.6. The van der Waals surface area contributed by atoms with E-state index in [1.165, 1.54) is 11.3 Å². The number of halogens is 2. The van der Waals surface area contributed by atoms with Crippen LogP contribution in [-0.2, 0) is 16.1 Å². The van der Waals surface area contributed by atoms with Gasteiger partial charge in [0.1, 0.15) is 18.4 Å². The standard InChI is InChI=1S/C34H32BrClN2O6S/c1-6-42-33(40)30-20(4)37-34-38(31(30)24-9-7-8-10-26(24)44-19(2)3)32(39)29(45-34)16-22-15-27(41-5)28(17-25(22)35)43-18-21-11-13-23(36)14-12-21/h7-17,19,31H,6,18H2,1-5H3/b29-16+/t31-/m0/s1. The minimum atomic E-state index is -0.793. The van der Waals surface area contributed by atoms with Gasteiger partial charge in [-0.25, -0.2) is 9.79 Å². The van der Waals surface area contributed by atoms with E-state index in [0.717, 1.165) is 5.56 Å². The number of methoxy groups -OCH3 is 1. The summed E-state index contributed by atoms with van der Waals surface area (Å²) in [7, 11) is 1.56. The largest absolute Gasteiger partial charge is 0.493 e. The lowest BCUT2D eigenvalue weighted by molar-refractivity contribution is -0.139. The zero-order valence-electron chi connectivity index (χ0n) is 25.4. The molecule has 5 rings (SSSR count). The van der Waals surface area contributed by atoms with Gasteiger partial charge in [-0.15, -0.1) is 0 Å². The van der Waals surface area contributed by atoms with E-state index in [0.29, 0.717) is 65.1 Å². The van der Waals surface area contributed by atoms with Gasteiger partial charge in [0, 0.05) is 15.1 Å². The minimum absolute atomic E-state index is 0.122. The quantitative estimate of drug-likeness (QED) is 0.173. The number of benzene rings is 3. The summed E-state index contributed by atoms with van der Waals surface area (Å²) in [5, 5.41) is 0.653. The Hall–Kier alpha value is -3.86. The van der Waals surface area contributed by atoms with Gasteiger partial charge in [0.15, 0.2) is 16.3 Å². The lowest BCUT2D eigenvalue weighted by Gasteiger charge is -2.26. The van der Waals surface area contributed by atoms with Gasteiger partial charge < -0.3 is 18.9 Å². The second-order valence-electron chi connectivity index (χ2n) is 10.4. The third-order valence-electron chi connectivity index (χ3n) is 6.97. The second-order valence-corrected chi connectivity index (χ2v) is 12.7. The number of rotatable bonds is 10. The molecule has 1 aliphatic heterocycles. The van der Waals surface area contributed by atoms with Crippen molar-refractivity contribution in [3.63, 3.8) is 0 Å². The monoisotopic (exact) mass is 710 g/mol. The molecule has 1 aliphatic rings. The van der Waals surface area contributed by atoms with Crippen molar-refractivity contribution < 1.29 is 23.7 Å². The summed E-state index contributed by atoms with van der Waals surface area (Å²) < 4.78 is 25.9. The zero-order chi connectivity index (χ0) is 32.2. The first kappa shape index (κ1) is 32.5. The highest BCUT2D eigenvalue weighted by molar-refractivity contribution is 9.10. The van der Waals surface area contributed by atoms with Gasteiger partial charge in [0.05, 0.1) is 35.6 Å². The maximum absolute atomic E-state index is 14.2. The number of thiazole rings is 1. The van der Waals surface area contributed by atoms with Crippen molar-refractivity contribution in [2.75, 3.05) is 13.7 Å². The molecule has 0 aliphatic carbocycles. The van der Waals surface area contributed by atoms with E-state index in [-0.39, 0.29) is 18.3 Å². The molecule has 0 amide bonds. The number of hydrogen-bond acceptors (Lipinski definition) is 8. The number of esters is 1. The van der Waals surface area contributed by atoms with Gasteiger partial charge in [-0.05, 0) is 75.2 Å². The molecule has 3 aromatic carbocycles. The topological polar surface area (TPSA) is 88.4 Å². The van der Waals surface area contributed by atoms with Gasteiger partial charge in [-0.2, -0.15) is 0 Å². The zero-order valence-corrected chi connectivity index (χ0v) is 28.6. The molecule has 0 bridgehead atoms. The highest BCUT2D eigenvalue weighted by Crippen LogP contribution is 2.37. The molecule has 2 heterocycles. The summed E-state index contributed by atoms with van der Waals surface area (Å²) in [4.78, 5) is 32.6. The third kappa shape index (κ3) is 7.03. The molecule has 0 saturated heterocycles. The number of carbonyl (C=O) groups is 1. The van der Waals surface area contributed by atoms with Crippen LogP contribution < -0.4 is 29.1 Å². The number of allylic oxidation sites excluding steroid dienone is 1. The van der Waals surface area contributed by atoms with Crippen molar-refractivity contribution >= 4 is 50.9 Å². The van der Waals surface area contributed by atoms with E-state index < -0.39 is 12.0 Å². The number of carbonyl (C=O) groups excluding carboxylic acids is 1. The summed E-state index contributed by atoms with van der Waals surface area (Å²) in [5.41, 5.74) is 2.80. The van der Waals surface area contributed by atoms with E-state index in [9.17, 15) is 9.59 Å². The first-order valence-electron chi connectivity index (χ1n) is 14.3. The van der Waals surface area contributed by atoms with E-state index in [4.69, 9.17) is 30.5 Å². The summed E-state index contributed by atoms with van der Waals surface area (Å²) >= 11 is 10.9. The van der Waals surface area contributed by atoms with Crippen LogP contribution in [0.5, 0.6) is 17.2 Å². The Balaban J connectivity index is 1.60. The molecule has 0 fully saturated rings. The number of ether oxygens (including phenoxy) is 4. The van der Waals surface area contributed by atoms with Crippen molar-refractivity contribution in [2.45, 2.75) is 46.4 Å². The lowest BCUT2D eigenvalue weighted by atomic mass is 9.95. The predicted molar refractivity (Wildman–Crippen MR) is 179 cm³/mol. The van der Waals surface area contributed by atoms with Gasteiger partial charge in [-0.3, -0.25) is 9.36 Å². The summed E-state index contributed by atoms with van der Waals surface area (Å²) in [6.07, 6.45) is 1.65. The van der Waals surface area contributed by atoms with E-state index in [2.05, 4.69) is 20.9 Å². The van der Waals surface area contributed by atoms with Crippen LogP contribution >= 0.6 is 38.9 Å². The van der Waals surface area contributed by atoms with Crippen molar-refractivity contribution in [3.05, 3.63) is 118 Å². The Labute approximate surface area is 278 Å². The third-order valence-corrected chi connectivity index (χ3v) is 8.89. The molecule has 45 heavy (non-hydrogen) atoms. The molecule has 8 nitrogen and oxygen atoms in total. The Bertz CT molecular complexity index is 1950. The van der Waals surface area contributed by atoms with E-state index in [1.807, 2.05) is 68.4 Å². The van der Waals surface area contributed by atoms with Crippen LogP contribution in [0, 0.1) is 0 Å². The molecule has 11 heteroatoms. The second kappa shape index (κ2) is 14.1. The number of fused-ring (bicyclic) bond motifs is 1. The smallest absolute Gasteiger partial charge is 0.338 e. The van der Waals surface area contributed by atoms with Crippen LogP contribution in [-0.4, -0.2) is 30.4 Å². The number of hydrogen-bond donors (Lipinski definition) is 0. The normalized spacial score (nSPS) is 14.7. The highest BCUT2D eigenvalue weighted by Gasteiger charge is 2.35. The Morgan fingerprint density at radius 3 is 2.53 bits per heavy atom. The molecule has 234 valence electrons. The van der Waals surface area contributed by atoms with Gasteiger partial charge in [0.2, 0.25) is 0 Å². The predicted octanol–water partition coefficient (Wildman–Crippen LogP) is 6.59. The Morgan fingerprint density at radius 1 is 1.11 bits per heavy atom. The van der Waals surface area contributed by atoms with Crippen LogP contribution in [0.4, 0.5) is 0 Å². The molecule has 0 radical (unpaired) electrons. The average molecular weight is 712 g/mol. The van der Waals surface area contributed by atoms with Gasteiger partial charge in [0.25, 0.3) is 5.56 Å². The SMILES string of the molecule is CCOC(=O)C1=C(C)N=c2s/c(=C/c3cc(OC)c(OCc4ccc(Cl)cc4)cc3Br)c(=O)n2[C@H]1c1ccccc1OC(C)C. The van der Waals surface area contributed by atoms with E-state index in [1.54, 1.807) is 37.7 Å². The molecule has 0 unspecified atom stereocenters. The average Bonchev–Trinajstić information content (AvgIpc) is 3.31. The molecule has 1 atom stereocenters. The van der Waals surface area contributed by atoms with Crippen molar-refractivity contribution in [1.29, 1.82) is 0 Å². The van der Waals surface area contributed by atoms with Gasteiger partial charge >= 0.3 is 5.97 Å². The maximum atomic E-state index is 14.2. The molecule has 4 aromatic rings. The fourth-order valence-electron chi connectivity index (χ4n) is 4.97. The van der Waals surface area contributed by atoms with Crippen LogP contribution in [0.2, 0.25) is 5.02 Å². The fraction of sp³-hybridized carbons (Fsp3) is 0.265. The lowest BCUT2D eigenvalue weighted by Crippen LogP contribution is -2.40. The molecule has 0 saturated carbocycles.